The molecule has 0 radical (unpaired) electrons. The maximum atomic E-state index is 13.4. The van der Waals surface area contributed by atoms with E-state index in [4.69, 9.17) is 0 Å². The predicted octanol–water partition coefficient (Wildman–Crippen LogP) is 7.95. The molecule has 38 heavy (non-hydrogen) atoms. The van der Waals surface area contributed by atoms with Crippen LogP contribution >= 0.6 is 0 Å². The number of hydrogen-bond acceptors (Lipinski definition) is 3. The van der Waals surface area contributed by atoms with Crippen molar-refractivity contribution in [3.8, 4) is 0 Å². The molecule has 0 aromatic heterocycles. The van der Waals surface area contributed by atoms with Crippen molar-refractivity contribution in [1.29, 1.82) is 0 Å². The highest BCUT2D eigenvalue weighted by Crippen LogP contribution is 2.37. The van der Waals surface area contributed by atoms with Crippen LogP contribution in [0.2, 0.25) is 0 Å². The number of carbonyl (C=O) groups is 3. The highest BCUT2D eigenvalue weighted by atomic mass is 16.2. The molecule has 1 N–H and O–H groups in total. The molecule has 6 nitrogen and oxygen atoms in total. The third kappa shape index (κ3) is 8.31. The van der Waals surface area contributed by atoms with Crippen molar-refractivity contribution in [3.63, 3.8) is 0 Å². The van der Waals surface area contributed by atoms with Gasteiger partial charge < -0.3 is 15.1 Å². The molecule has 0 heterocycles. The van der Waals surface area contributed by atoms with Gasteiger partial charge in [0.15, 0.2) is 0 Å². The predicted molar refractivity (Wildman–Crippen MR) is 160 cm³/mol. The second kappa shape index (κ2) is 13.1. The van der Waals surface area contributed by atoms with E-state index < -0.39 is 11.1 Å². The molecule has 0 saturated heterocycles. The topological polar surface area (TPSA) is 69.7 Å². The van der Waals surface area contributed by atoms with Gasteiger partial charge in [0, 0.05) is 46.9 Å². The van der Waals surface area contributed by atoms with Crippen LogP contribution in [0.5, 0.6) is 0 Å². The van der Waals surface area contributed by atoms with Gasteiger partial charge in [-0.05, 0) is 110 Å². The van der Waals surface area contributed by atoms with E-state index in [-0.39, 0.29) is 23.6 Å². The van der Waals surface area contributed by atoms with Crippen molar-refractivity contribution in [2.75, 3.05) is 15.1 Å². The minimum atomic E-state index is -0.471. The van der Waals surface area contributed by atoms with Crippen molar-refractivity contribution in [2.24, 2.45) is 17.8 Å². The number of hydrogen-bond donors (Lipinski definition) is 1. The lowest BCUT2D eigenvalue weighted by Gasteiger charge is -2.39. The Morgan fingerprint density at radius 1 is 0.789 bits per heavy atom. The van der Waals surface area contributed by atoms with Crippen LogP contribution in [0.4, 0.5) is 17.1 Å². The van der Waals surface area contributed by atoms with Crippen molar-refractivity contribution >= 4 is 34.8 Å². The highest BCUT2D eigenvalue weighted by molar-refractivity contribution is 6.01. The monoisotopic (exact) mass is 527 g/mol. The molecule has 0 aliphatic heterocycles. The third-order valence-electron chi connectivity index (χ3n) is 7.54. The number of nitrogens with one attached hydrogen (secondary N) is 1. The molecule has 1 aliphatic rings. The summed E-state index contributed by atoms with van der Waals surface area (Å²) in [6.45, 7) is 20.6. The Morgan fingerprint density at radius 2 is 1.21 bits per heavy atom. The van der Waals surface area contributed by atoms with Gasteiger partial charge >= 0.3 is 0 Å². The Morgan fingerprint density at radius 3 is 1.55 bits per heavy atom. The summed E-state index contributed by atoms with van der Waals surface area (Å²) in [7, 11) is 0. The Hall–Kier alpha value is -2.37. The Balaban J connectivity index is 2.56. The third-order valence-corrected chi connectivity index (χ3v) is 7.54. The molecule has 1 saturated carbocycles. The number of rotatable bonds is 9. The molecular formula is C32H53N3O3. The molecule has 0 bridgehead atoms. The SMILES string of the molecule is CCCC(=O)N(c1cc(NC(=O)C2CCC(C(C)C)CC2)cc(N(C(=O)CCC)C(C)(C)C)c1)C(C)(C)C. The zero-order chi connectivity index (χ0) is 28.8. The summed E-state index contributed by atoms with van der Waals surface area (Å²) in [6.07, 6.45) is 6.30. The number of nitrogens with zero attached hydrogens (tertiary/aromatic N) is 2. The summed E-state index contributed by atoms with van der Waals surface area (Å²) in [6, 6.07) is 5.72. The fourth-order valence-corrected chi connectivity index (χ4v) is 5.68. The zero-order valence-corrected chi connectivity index (χ0v) is 25.7. The fraction of sp³-hybridized carbons (Fsp3) is 0.719. The van der Waals surface area contributed by atoms with E-state index in [1.807, 2.05) is 83.4 Å². The van der Waals surface area contributed by atoms with Gasteiger partial charge in [0.05, 0.1) is 0 Å². The van der Waals surface area contributed by atoms with Gasteiger partial charge in [-0.25, -0.2) is 0 Å². The Labute approximate surface area is 231 Å². The average Bonchev–Trinajstić information content (AvgIpc) is 2.77. The van der Waals surface area contributed by atoms with Crippen LogP contribution in [0.25, 0.3) is 0 Å². The lowest BCUT2D eigenvalue weighted by atomic mass is 9.76. The van der Waals surface area contributed by atoms with Crippen molar-refractivity contribution in [3.05, 3.63) is 18.2 Å². The summed E-state index contributed by atoms with van der Waals surface area (Å²) in [4.78, 5) is 43.7. The molecule has 0 atom stereocenters. The minimum absolute atomic E-state index is 0.0157. The molecule has 6 heteroatoms. The average molecular weight is 528 g/mol. The van der Waals surface area contributed by atoms with E-state index >= 15 is 0 Å². The normalized spacial score (nSPS) is 18.3. The van der Waals surface area contributed by atoms with E-state index in [9.17, 15) is 14.4 Å². The Kier molecular flexibility index (Phi) is 11.0. The summed E-state index contributed by atoms with van der Waals surface area (Å²) in [5, 5.41) is 3.18. The van der Waals surface area contributed by atoms with E-state index in [1.54, 1.807) is 0 Å². The molecule has 0 unspecified atom stereocenters. The van der Waals surface area contributed by atoms with Gasteiger partial charge in [0.1, 0.15) is 0 Å². The standard InChI is InChI=1S/C32H53N3O3/c1-11-13-28(36)34(31(5,6)7)26-19-25(33-30(38)24-17-15-23(16-18-24)22(3)4)20-27(21-26)35(32(8,9)10)29(37)14-12-2/h19-24H,11-18H2,1-10H3,(H,33,38). The van der Waals surface area contributed by atoms with Crippen LogP contribution in [0.15, 0.2) is 18.2 Å². The number of benzene rings is 1. The second-order valence-electron chi connectivity index (χ2n) is 13.4. The van der Waals surface area contributed by atoms with Crippen molar-refractivity contribution in [1.82, 2.24) is 0 Å². The minimum Gasteiger partial charge on any atom is -0.326 e. The molecule has 1 aliphatic carbocycles. The van der Waals surface area contributed by atoms with Crippen LogP contribution in [0.1, 0.15) is 121 Å². The number of anilines is 3. The van der Waals surface area contributed by atoms with Gasteiger partial charge in [0.2, 0.25) is 17.7 Å². The van der Waals surface area contributed by atoms with Gasteiger partial charge in [-0.3, -0.25) is 14.4 Å². The smallest absolute Gasteiger partial charge is 0.227 e. The molecule has 1 aromatic carbocycles. The van der Waals surface area contributed by atoms with Gasteiger partial charge in [-0.2, -0.15) is 0 Å². The first-order chi connectivity index (χ1) is 17.6. The number of amides is 3. The number of carbonyl (C=O) groups excluding carboxylic acids is 3. The van der Waals surface area contributed by atoms with Crippen LogP contribution in [0.3, 0.4) is 0 Å². The zero-order valence-electron chi connectivity index (χ0n) is 25.7. The molecule has 1 aromatic rings. The van der Waals surface area contributed by atoms with E-state index in [0.717, 1.165) is 38.5 Å². The van der Waals surface area contributed by atoms with Crippen molar-refractivity contribution in [2.45, 2.75) is 132 Å². The molecular weight excluding hydrogens is 474 g/mol. The van der Waals surface area contributed by atoms with E-state index in [2.05, 4.69) is 19.2 Å². The van der Waals surface area contributed by atoms with E-state index in [0.29, 0.717) is 41.7 Å². The lowest BCUT2D eigenvalue weighted by molar-refractivity contribution is -0.121. The van der Waals surface area contributed by atoms with Crippen molar-refractivity contribution < 1.29 is 14.4 Å². The van der Waals surface area contributed by atoms with Gasteiger partial charge in [-0.1, -0.05) is 27.7 Å². The summed E-state index contributed by atoms with van der Waals surface area (Å²) >= 11 is 0. The van der Waals surface area contributed by atoms with Gasteiger partial charge in [-0.15, -0.1) is 0 Å². The Bertz CT molecular complexity index is 909. The lowest BCUT2D eigenvalue weighted by Crippen LogP contribution is -2.47. The quantitative estimate of drug-likeness (QED) is 0.354. The first-order valence-electron chi connectivity index (χ1n) is 14.7. The molecule has 2 rings (SSSR count). The molecule has 214 valence electrons. The van der Waals surface area contributed by atoms with Gasteiger partial charge in [0.25, 0.3) is 0 Å². The van der Waals surface area contributed by atoms with Crippen LogP contribution in [0, 0.1) is 17.8 Å². The summed E-state index contributed by atoms with van der Waals surface area (Å²) in [5.41, 5.74) is 1.09. The first-order valence-corrected chi connectivity index (χ1v) is 14.7. The highest BCUT2D eigenvalue weighted by Gasteiger charge is 2.33. The maximum Gasteiger partial charge on any atom is 0.227 e. The molecule has 0 spiro atoms. The van der Waals surface area contributed by atoms with Crippen LogP contribution < -0.4 is 15.1 Å². The summed E-state index contributed by atoms with van der Waals surface area (Å²) in [5.74, 6) is 1.40. The molecule has 1 fully saturated rings. The fourth-order valence-electron chi connectivity index (χ4n) is 5.68. The van der Waals surface area contributed by atoms with Crippen LogP contribution in [-0.4, -0.2) is 28.8 Å². The summed E-state index contributed by atoms with van der Waals surface area (Å²) < 4.78 is 0. The van der Waals surface area contributed by atoms with E-state index in [1.165, 1.54) is 0 Å². The molecule has 3 amide bonds. The first kappa shape index (κ1) is 31.8. The largest absolute Gasteiger partial charge is 0.326 e. The maximum absolute atomic E-state index is 13.4. The second-order valence-corrected chi connectivity index (χ2v) is 13.4. The van der Waals surface area contributed by atoms with Crippen LogP contribution in [-0.2, 0) is 14.4 Å².